The van der Waals surface area contributed by atoms with Gasteiger partial charge in [0.25, 0.3) is 0 Å². The third-order valence-electron chi connectivity index (χ3n) is 7.00. The van der Waals surface area contributed by atoms with Crippen LogP contribution in [0.15, 0.2) is 36.4 Å². The maximum absolute atomic E-state index is 12.7. The third kappa shape index (κ3) is 8.27. The average Bonchev–Trinajstić information content (AvgIpc) is 3.13. The quantitative estimate of drug-likeness (QED) is 0.140. The van der Waals surface area contributed by atoms with E-state index in [1.807, 2.05) is 24.3 Å². The molecule has 0 spiro atoms. The molecule has 3 unspecified atom stereocenters. The van der Waals surface area contributed by atoms with Gasteiger partial charge < -0.3 is 18.6 Å². The third-order valence-corrected chi connectivity index (χ3v) is 11.5. The maximum atomic E-state index is 12.7. The zero-order valence-electron chi connectivity index (χ0n) is 21.7. The summed E-state index contributed by atoms with van der Waals surface area (Å²) < 4.78 is 23.3. The highest BCUT2D eigenvalue weighted by atomic mass is 28.4. The molecule has 0 aliphatic carbocycles. The summed E-state index contributed by atoms with van der Waals surface area (Å²) in [5, 5.41) is 0.176. The molecular formula is C27H44O5Si. The summed E-state index contributed by atoms with van der Waals surface area (Å²) in [7, 11) is -0.137. The summed E-state index contributed by atoms with van der Waals surface area (Å²) in [6, 6.07) is 7.88. The van der Waals surface area contributed by atoms with Gasteiger partial charge in [-0.25, -0.2) is 0 Å². The maximum Gasteiger partial charge on any atom is 0.312 e. The van der Waals surface area contributed by atoms with Crippen molar-refractivity contribution in [1.29, 1.82) is 0 Å². The van der Waals surface area contributed by atoms with E-state index < -0.39 is 8.32 Å². The zero-order chi connectivity index (χ0) is 24.5. The number of carbonyl (C=O) groups excluding carboxylic acids is 1. The van der Waals surface area contributed by atoms with Gasteiger partial charge in [-0.05, 0) is 42.2 Å². The molecule has 0 bridgehead atoms. The number of methoxy groups -OCH3 is 1. The van der Waals surface area contributed by atoms with Gasteiger partial charge in [-0.2, -0.15) is 0 Å². The summed E-state index contributed by atoms with van der Waals surface area (Å²) in [4.78, 5) is 12.7. The Bertz CT molecular complexity index is 751. The van der Waals surface area contributed by atoms with E-state index in [9.17, 15) is 4.79 Å². The number of benzene rings is 1. The number of hydrogen-bond donors (Lipinski definition) is 0. The first-order valence-electron chi connectivity index (χ1n) is 12.3. The first-order valence-corrected chi connectivity index (χ1v) is 15.2. The number of hydrogen-bond acceptors (Lipinski definition) is 5. The predicted octanol–water partition coefficient (Wildman–Crippen LogP) is 6.53. The van der Waals surface area contributed by atoms with Crippen LogP contribution in [-0.4, -0.2) is 40.7 Å². The van der Waals surface area contributed by atoms with Gasteiger partial charge in [0.05, 0.1) is 39.0 Å². The van der Waals surface area contributed by atoms with Gasteiger partial charge in [-0.3, -0.25) is 4.79 Å². The molecule has 0 N–H and O–H groups in total. The standard InChI is InChI=1S/C27H44O5Si/c1-8-9-10-13-24(30-19-21-14-16-23(29-5)17-15-21)25-22(20-31-26(25)28)12-11-18-32-33(6,7)27(2,3)4/h11-12,14-17,22,24-25H,8-10,13,18-20H2,1-7H3. The molecule has 1 saturated heterocycles. The van der Waals surface area contributed by atoms with Crippen molar-refractivity contribution in [2.24, 2.45) is 11.8 Å². The van der Waals surface area contributed by atoms with Crippen LogP contribution < -0.4 is 4.74 Å². The van der Waals surface area contributed by atoms with E-state index in [2.05, 4.69) is 52.9 Å². The Morgan fingerprint density at radius 1 is 1.18 bits per heavy atom. The Balaban J connectivity index is 2.04. The summed E-state index contributed by atoms with van der Waals surface area (Å²) in [6.07, 6.45) is 8.16. The van der Waals surface area contributed by atoms with Gasteiger partial charge in [0, 0.05) is 5.92 Å². The molecule has 186 valence electrons. The van der Waals surface area contributed by atoms with E-state index in [0.717, 1.165) is 37.0 Å². The van der Waals surface area contributed by atoms with Gasteiger partial charge in [-0.15, -0.1) is 0 Å². The van der Waals surface area contributed by atoms with Gasteiger partial charge in [0.1, 0.15) is 5.75 Å². The molecule has 3 atom stereocenters. The van der Waals surface area contributed by atoms with Crippen LogP contribution in [0.5, 0.6) is 5.75 Å². The minimum atomic E-state index is -1.80. The van der Waals surface area contributed by atoms with Crippen molar-refractivity contribution in [1.82, 2.24) is 0 Å². The van der Waals surface area contributed by atoms with E-state index in [4.69, 9.17) is 18.6 Å². The number of ether oxygens (including phenoxy) is 3. The fraction of sp³-hybridized carbons (Fsp3) is 0.667. The highest BCUT2D eigenvalue weighted by molar-refractivity contribution is 6.74. The van der Waals surface area contributed by atoms with Crippen molar-refractivity contribution in [3.8, 4) is 5.75 Å². The van der Waals surface area contributed by atoms with Crippen LogP contribution in [0.1, 0.15) is 58.9 Å². The normalized spacial score (nSPS) is 20.3. The zero-order valence-corrected chi connectivity index (χ0v) is 22.7. The minimum absolute atomic E-state index is 0.0167. The van der Waals surface area contributed by atoms with Crippen LogP contribution in [0, 0.1) is 11.8 Å². The Kier molecular flexibility index (Phi) is 10.6. The monoisotopic (exact) mass is 476 g/mol. The largest absolute Gasteiger partial charge is 0.497 e. The minimum Gasteiger partial charge on any atom is -0.497 e. The van der Waals surface area contributed by atoms with Crippen molar-refractivity contribution >= 4 is 14.3 Å². The SMILES string of the molecule is CCCCCC(OCc1ccc(OC)cc1)C1C(=O)OCC1C=CCO[Si](C)(C)C(C)(C)C. The summed E-state index contributed by atoms with van der Waals surface area (Å²) >= 11 is 0. The van der Waals surface area contributed by atoms with E-state index in [-0.39, 0.29) is 28.9 Å². The smallest absolute Gasteiger partial charge is 0.312 e. The summed E-state index contributed by atoms with van der Waals surface area (Å²) in [5.74, 6) is 0.418. The Labute approximate surface area is 202 Å². The molecule has 0 aromatic heterocycles. The number of esters is 1. The Morgan fingerprint density at radius 2 is 1.88 bits per heavy atom. The lowest BCUT2D eigenvalue weighted by Gasteiger charge is -2.35. The van der Waals surface area contributed by atoms with E-state index >= 15 is 0 Å². The molecule has 6 heteroatoms. The first kappa shape index (κ1) is 27.6. The second-order valence-electron chi connectivity index (χ2n) is 10.5. The fourth-order valence-corrected chi connectivity index (χ4v) is 4.69. The fourth-order valence-electron chi connectivity index (χ4n) is 3.75. The topological polar surface area (TPSA) is 54.0 Å². The molecule has 0 saturated carbocycles. The Hall–Kier alpha value is -1.63. The molecule has 2 rings (SSSR count). The van der Waals surface area contributed by atoms with Crippen LogP contribution in [-0.2, 0) is 25.3 Å². The van der Waals surface area contributed by atoms with Gasteiger partial charge in [0.15, 0.2) is 8.32 Å². The first-order chi connectivity index (χ1) is 15.6. The molecule has 1 aliphatic rings. The molecule has 1 heterocycles. The average molecular weight is 477 g/mol. The van der Waals surface area contributed by atoms with Gasteiger partial charge in [-0.1, -0.05) is 71.2 Å². The van der Waals surface area contributed by atoms with Crippen molar-refractivity contribution < 1.29 is 23.4 Å². The van der Waals surface area contributed by atoms with Crippen molar-refractivity contribution in [2.45, 2.75) is 84.2 Å². The number of rotatable bonds is 13. The lowest BCUT2D eigenvalue weighted by molar-refractivity contribution is -0.146. The van der Waals surface area contributed by atoms with Crippen molar-refractivity contribution in [3.63, 3.8) is 0 Å². The second kappa shape index (κ2) is 12.7. The van der Waals surface area contributed by atoms with Crippen molar-refractivity contribution in [2.75, 3.05) is 20.3 Å². The molecule has 1 aliphatic heterocycles. The van der Waals surface area contributed by atoms with E-state index in [0.29, 0.717) is 19.8 Å². The van der Waals surface area contributed by atoms with Gasteiger partial charge in [0.2, 0.25) is 0 Å². The van der Waals surface area contributed by atoms with E-state index in [1.54, 1.807) is 7.11 Å². The highest BCUT2D eigenvalue weighted by Crippen LogP contribution is 2.36. The van der Waals surface area contributed by atoms with Crippen LogP contribution in [0.25, 0.3) is 0 Å². The molecular weight excluding hydrogens is 432 g/mol. The molecule has 1 aromatic rings. The van der Waals surface area contributed by atoms with Crippen molar-refractivity contribution in [3.05, 3.63) is 42.0 Å². The lowest BCUT2D eigenvalue weighted by atomic mass is 9.87. The molecule has 1 aromatic carbocycles. The predicted molar refractivity (Wildman–Crippen MR) is 136 cm³/mol. The second-order valence-corrected chi connectivity index (χ2v) is 15.3. The number of carbonyl (C=O) groups is 1. The van der Waals surface area contributed by atoms with Gasteiger partial charge >= 0.3 is 5.97 Å². The number of cyclic esters (lactones) is 1. The highest BCUT2D eigenvalue weighted by Gasteiger charge is 2.42. The summed E-state index contributed by atoms with van der Waals surface area (Å²) in [5.41, 5.74) is 1.07. The molecule has 1 fully saturated rings. The number of unbranched alkanes of at least 4 members (excludes halogenated alkanes) is 2. The molecule has 33 heavy (non-hydrogen) atoms. The molecule has 5 nitrogen and oxygen atoms in total. The van der Waals surface area contributed by atoms with Crippen LogP contribution >= 0.6 is 0 Å². The van der Waals surface area contributed by atoms with Crippen LogP contribution in [0.2, 0.25) is 18.1 Å². The Morgan fingerprint density at radius 3 is 2.48 bits per heavy atom. The lowest BCUT2D eigenvalue weighted by Crippen LogP contribution is -2.40. The van der Waals surface area contributed by atoms with Crippen LogP contribution in [0.3, 0.4) is 0 Å². The van der Waals surface area contributed by atoms with E-state index in [1.165, 1.54) is 0 Å². The summed E-state index contributed by atoms with van der Waals surface area (Å²) in [6.45, 7) is 14.9. The molecule has 0 amide bonds. The molecule has 0 radical (unpaired) electrons. The van der Waals surface area contributed by atoms with Crippen LogP contribution in [0.4, 0.5) is 0 Å².